The lowest BCUT2D eigenvalue weighted by atomic mass is 9.99. The highest BCUT2D eigenvalue weighted by Gasteiger charge is 2.12. The first-order valence-electron chi connectivity index (χ1n) is 6.17. The van der Waals surface area contributed by atoms with Gasteiger partial charge in [-0.25, -0.2) is 0 Å². The van der Waals surface area contributed by atoms with Crippen LogP contribution in [0.25, 0.3) is 0 Å². The summed E-state index contributed by atoms with van der Waals surface area (Å²) in [7, 11) is 0. The summed E-state index contributed by atoms with van der Waals surface area (Å²) < 4.78 is 0.998. The second kappa shape index (κ2) is 6.43. The third kappa shape index (κ3) is 3.84. The second-order valence-electron chi connectivity index (χ2n) is 4.89. The molecule has 1 atom stereocenters. The maximum absolute atomic E-state index is 6.10. The average molecular weight is 403 g/mol. The quantitative estimate of drug-likeness (QED) is 0.501. The van der Waals surface area contributed by atoms with Crippen molar-refractivity contribution in [3.8, 4) is 0 Å². The Morgan fingerprint density at radius 2 is 1.47 bits per heavy atom. The van der Waals surface area contributed by atoms with Gasteiger partial charge < -0.3 is 0 Å². The van der Waals surface area contributed by atoms with Crippen molar-refractivity contribution in [3.63, 3.8) is 0 Å². The van der Waals surface area contributed by atoms with Crippen LogP contribution in [0.3, 0.4) is 0 Å². The standard InChI is InChI=1S/C16H15Br2Cl/c1-10(2)11-3-5-12(6-4-11)16(18)13-7-14(17)9-15(19)8-13/h3-10,16H,1-2H3. The van der Waals surface area contributed by atoms with Crippen LogP contribution in [0.1, 0.15) is 41.3 Å². The van der Waals surface area contributed by atoms with Crippen molar-refractivity contribution < 1.29 is 0 Å². The molecule has 0 nitrogen and oxygen atoms in total. The highest BCUT2D eigenvalue weighted by molar-refractivity contribution is 9.10. The molecule has 0 amide bonds. The van der Waals surface area contributed by atoms with Crippen LogP contribution in [0.4, 0.5) is 0 Å². The van der Waals surface area contributed by atoms with Crippen molar-refractivity contribution in [2.75, 3.05) is 0 Å². The number of halogens is 3. The molecule has 3 heteroatoms. The smallest absolute Gasteiger partial charge is 0.0645 e. The minimum Gasteiger partial charge on any atom is -0.0843 e. The summed E-state index contributed by atoms with van der Waals surface area (Å²) in [4.78, 5) is 0.156. The van der Waals surface area contributed by atoms with E-state index in [1.807, 2.05) is 12.1 Å². The van der Waals surface area contributed by atoms with Gasteiger partial charge in [-0.2, -0.15) is 0 Å². The van der Waals surface area contributed by atoms with Crippen molar-refractivity contribution in [2.45, 2.75) is 24.6 Å². The zero-order valence-corrected chi connectivity index (χ0v) is 14.8. The fourth-order valence-electron chi connectivity index (χ4n) is 1.96. The van der Waals surface area contributed by atoms with Crippen LogP contribution in [-0.4, -0.2) is 0 Å². The first-order chi connectivity index (χ1) is 8.97. The predicted octanol–water partition coefficient (Wildman–Crippen LogP) is 6.71. The Hall–Kier alpha value is -0.310. The number of benzene rings is 2. The molecule has 0 aliphatic carbocycles. The predicted molar refractivity (Wildman–Crippen MR) is 90.5 cm³/mol. The van der Waals surface area contributed by atoms with Gasteiger partial charge in [0.15, 0.2) is 0 Å². The zero-order chi connectivity index (χ0) is 14.0. The molecular formula is C16H15Br2Cl. The van der Waals surface area contributed by atoms with Crippen LogP contribution in [0.2, 0.25) is 5.02 Å². The van der Waals surface area contributed by atoms with E-state index >= 15 is 0 Å². The molecule has 0 aromatic heterocycles. The molecule has 1 unspecified atom stereocenters. The average Bonchev–Trinajstić information content (AvgIpc) is 2.37. The molecule has 0 heterocycles. The van der Waals surface area contributed by atoms with Gasteiger partial charge in [0.25, 0.3) is 0 Å². The molecule has 100 valence electrons. The summed E-state index contributed by atoms with van der Waals surface area (Å²) in [5.74, 6) is 0.558. The van der Waals surface area contributed by atoms with Gasteiger partial charge in [0.05, 0.1) is 4.83 Å². The molecule has 0 fully saturated rings. The van der Waals surface area contributed by atoms with Crippen LogP contribution in [0.15, 0.2) is 46.9 Å². The minimum atomic E-state index is 0.156. The van der Waals surface area contributed by atoms with Gasteiger partial charge in [0.2, 0.25) is 0 Å². The van der Waals surface area contributed by atoms with Gasteiger partial charge in [-0.05, 0) is 40.8 Å². The van der Waals surface area contributed by atoms with Crippen LogP contribution >= 0.6 is 43.5 Å². The van der Waals surface area contributed by atoms with E-state index in [9.17, 15) is 0 Å². The van der Waals surface area contributed by atoms with E-state index < -0.39 is 0 Å². The number of hydrogen-bond donors (Lipinski definition) is 0. The highest BCUT2D eigenvalue weighted by atomic mass is 79.9. The van der Waals surface area contributed by atoms with Crippen LogP contribution in [-0.2, 0) is 0 Å². The summed E-state index contributed by atoms with van der Waals surface area (Å²) in [6.07, 6.45) is 0. The molecule has 0 bridgehead atoms. The Morgan fingerprint density at radius 1 is 0.895 bits per heavy atom. The van der Waals surface area contributed by atoms with E-state index in [-0.39, 0.29) is 4.83 Å². The van der Waals surface area contributed by atoms with E-state index in [0.29, 0.717) is 5.92 Å². The molecule has 0 aliphatic rings. The lowest BCUT2D eigenvalue weighted by Gasteiger charge is -2.13. The maximum Gasteiger partial charge on any atom is 0.0645 e. The van der Waals surface area contributed by atoms with Crippen LogP contribution < -0.4 is 0 Å². The second-order valence-corrected chi connectivity index (χ2v) is 7.15. The van der Waals surface area contributed by atoms with Gasteiger partial charge in [-0.15, -0.1) is 0 Å². The monoisotopic (exact) mass is 400 g/mol. The molecule has 2 aromatic carbocycles. The molecule has 2 aromatic rings. The zero-order valence-electron chi connectivity index (χ0n) is 10.8. The molecule has 0 N–H and O–H groups in total. The Labute approximate surface area is 136 Å². The Kier molecular flexibility index (Phi) is 5.10. The fraction of sp³-hybridized carbons (Fsp3) is 0.250. The number of rotatable bonds is 3. The maximum atomic E-state index is 6.10. The van der Waals surface area contributed by atoms with E-state index in [2.05, 4.69) is 76.0 Å². The van der Waals surface area contributed by atoms with E-state index in [1.54, 1.807) is 0 Å². The largest absolute Gasteiger partial charge is 0.0843 e. The SMILES string of the molecule is CC(C)c1ccc(C(Br)c2cc(Cl)cc(Br)c2)cc1. The van der Waals surface area contributed by atoms with Gasteiger partial charge >= 0.3 is 0 Å². The van der Waals surface area contributed by atoms with Gasteiger partial charge in [-0.1, -0.05) is 81.6 Å². The topological polar surface area (TPSA) is 0 Å². The summed E-state index contributed by atoms with van der Waals surface area (Å²) in [5.41, 5.74) is 3.74. The van der Waals surface area contributed by atoms with Crippen molar-refractivity contribution >= 4 is 43.5 Å². The molecule has 19 heavy (non-hydrogen) atoms. The first kappa shape index (κ1) is 15.1. The lowest BCUT2D eigenvalue weighted by molar-refractivity contribution is 0.865. The summed E-state index contributed by atoms with van der Waals surface area (Å²) >= 11 is 13.3. The number of hydrogen-bond acceptors (Lipinski definition) is 0. The molecule has 0 saturated carbocycles. The molecule has 0 spiro atoms. The van der Waals surface area contributed by atoms with Crippen LogP contribution in [0, 0.1) is 0 Å². The van der Waals surface area contributed by atoms with E-state index in [4.69, 9.17) is 11.6 Å². The lowest BCUT2D eigenvalue weighted by Crippen LogP contribution is -1.94. The fourth-order valence-corrected chi connectivity index (χ4v) is 3.42. The molecular weight excluding hydrogens is 387 g/mol. The normalized spacial score (nSPS) is 12.7. The van der Waals surface area contributed by atoms with Crippen molar-refractivity contribution in [1.29, 1.82) is 0 Å². The Morgan fingerprint density at radius 3 is 2.00 bits per heavy atom. The highest BCUT2D eigenvalue weighted by Crippen LogP contribution is 2.34. The third-order valence-corrected chi connectivity index (χ3v) is 4.81. The molecule has 0 saturated heterocycles. The minimum absolute atomic E-state index is 0.156. The molecule has 0 aliphatic heterocycles. The Bertz CT molecular complexity index is 541. The van der Waals surface area contributed by atoms with Gasteiger partial charge in [-0.3, -0.25) is 0 Å². The van der Waals surface area contributed by atoms with E-state index in [0.717, 1.165) is 15.1 Å². The van der Waals surface area contributed by atoms with Crippen molar-refractivity contribution in [1.82, 2.24) is 0 Å². The van der Waals surface area contributed by atoms with Crippen molar-refractivity contribution in [3.05, 3.63) is 68.7 Å². The van der Waals surface area contributed by atoms with Crippen molar-refractivity contribution in [2.24, 2.45) is 0 Å². The molecule has 2 rings (SSSR count). The number of alkyl halides is 1. The van der Waals surface area contributed by atoms with Crippen LogP contribution in [0.5, 0.6) is 0 Å². The Balaban J connectivity index is 2.30. The van der Waals surface area contributed by atoms with Gasteiger partial charge in [0, 0.05) is 9.50 Å². The van der Waals surface area contributed by atoms with Gasteiger partial charge in [0.1, 0.15) is 0 Å². The summed E-state index contributed by atoms with van der Waals surface area (Å²) in [6.45, 7) is 4.41. The summed E-state index contributed by atoms with van der Waals surface area (Å²) in [5, 5.41) is 0.743. The van der Waals surface area contributed by atoms with E-state index in [1.165, 1.54) is 11.1 Å². The molecule has 0 radical (unpaired) electrons. The summed E-state index contributed by atoms with van der Waals surface area (Å²) in [6, 6.07) is 14.7. The third-order valence-electron chi connectivity index (χ3n) is 3.07. The first-order valence-corrected chi connectivity index (χ1v) is 8.26.